The summed E-state index contributed by atoms with van der Waals surface area (Å²) in [6.45, 7) is 4.01. The summed E-state index contributed by atoms with van der Waals surface area (Å²) in [5, 5.41) is 12.4. The number of aromatic nitrogens is 2. The van der Waals surface area contributed by atoms with Gasteiger partial charge >= 0.3 is 5.97 Å². The molecule has 2 N–H and O–H groups in total. The van der Waals surface area contributed by atoms with Gasteiger partial charge in [-0.1, -0.05) is 6.07 Å². The number of carbonyl (C=O) groups is 2. The van der Waals surface area contributed by atoms with Crippen molar-refractivity contribution in [2.24, 2.45) is 0 Å². The molecule has 0 aliphatic carbocycles. The van der Waals surface area contributed by atoms with E-state index in [1.54, 1.807) is 29.3 Å². The van der Waals surface area contributed by atoms with E-state index in [4.69, 9.17) is 0 Å². The number of benzene rings is 1. The Bertz CT molecular complexity index is 901. The Kier molecular flexibility index (Phi) is 4.39. The predicted octanol–water partition coefficient (Wildman–Crippen LogP) is 2.24. The van der Waals surface area contributed by atoms with E-state index in [2.05, 4.69) is 20.2 Å². The van der Waals surface area contributed by atoms with Crippen molar-refractivity contribution in [3.63, 3.8) is 0 Å². The van der Waals surface area contributed by atoms with Crippen LogP contribution < -0.4 is 15.1 Å². The quantitative estimate of drug-likeness (QED) is 0.855. The van der Waals surface area contributed by atoms with Crippen LogP contribution in [-0.2, 0) is 0 Å². The maximum atomic E-state index is 13.3. The molecule has 8 heteroatoms. The van der Waals surface area contributed by atoms with Crippen LogP contribution in [0.3, 0.4) is 0 Å². The number of carboxylic acids is 1. The lowest BCUT2D eigenvalue weighted by Crippen LogP contribution is -2.39. The van der Waals surface area contributed by atoms with Crippen molar-refractivity contribution in [3.05, 3.63) is 41.6 Å². The molecule has 0 spiro atoms. The number of rotatable bonds is 4. The van der Waals surface area contributed by atoms with Crippen LogP contribution in [0, 0.1) is 0 Å². The third-order valence-electron chi connectivity index (χ3n) is 5.03. The first-order valence-electron chi connectivity index (χ1n) is 9.11. The third-order valence-corrected chi connectivity index (χ3v) is 5.03. The van der Waals surface area contributed by atoms with Gasteiger partial charge in [0.15, 0.2) is 0 Å². The predicted molar refractivity (Wildman–Crippen MR) is 102 cm³/mol. The Morgan fingerprint density at radius 3 is 3.04 bits per heavy atom. The number of carbonyl (C=O) groups excluding carboxylic acids is 1. The van der Waals surface area contributed by atoms with Gasteiger partial charge in [0.2, 0.25) is 5.95 Å². The van der Waals surface area contributed by atoms with E-state index in [1.165, 1.54) is 6.07 Å². The summed E-state index contributed by atoms with van der Waals surface area (Å²) in [5.41, 5.74) is 1.18. The molecule has 1 saturated heterocycles. The van der Waals surface area contributed by atoms with Crippen molar-refractivity contribution in [2.45, 2.75) is 25.8 Å². The maximum absolute atomic E-state index is 13.3. The van der Waals surface area contributed by atoms with Gasteiger partial charge in [0.05, 0.1) is 5.56 Å². The zero-order valence-electron chi connectivity index (χ0n) is 15.1. The number of nitrogens with zero attached hydrogens (tertiary/aromatic N) is 4. The van der Waals surface area contributed by atoms with Gasteiger partial charge in [0.1, 0.15) is 11.4 Å². The molecular weight excluding hydrogens is 346 g/mol. The number of hydrogen-bond donors (Lipinski definition) is 2. The second-order valence-electron chi connectivity index (χ2n) is 6.72. The number of anilines is 3. The smallest absolute Gasteiger partial charge is 0.335 e. The highest BCUT2D eigenvalue weighted by Gasteiger charge is 2.37. The highest BCUT2D eigenvalue weighted by atomic mass is 16.4. The molecular formula is C19H21N5O3. The van der Waals surface area contributed by atoms with Gasteiger partial charge < -0.3 is 20.2 Å². The normalized spacial score (nSPS) is 18.7. The van der Waals surface area contributed by atoms with E-state index < -0.39 is 5.97 Å². The van der Waals surface area contributed by atoms with E-state index in [0.29, 0.717) is 36.1 Å². The lowest BCUT2D eigenvalue weighted by Gasteiger charge is -2.27. The van der Waals surface area contributed by atoms with Crippen LogP contribution in [0.2, 0.25) is 0 Å². The Hall–Kier alpha value is -3.16. The number of hydrogen-bond acceptors (Lipinski definition) is 6. The lowest BCUT2D eigenvalue weighted by molar-refractivity contribution is 0.0696. The summed E-state index contributed by atoms with van der Waals surface area (Å²) in [6, 6.07) is 6.64. The Labute approximate surface area is 156 Å². The van der Waals surface area contributed by atoms with Crippen molar-refractivity contribution >= 4 is 29.3 Å². The minimum absolute atomic E-state index is 0.146. The van der Waals surface area contributed by atoms with E-state index in [-0.39, 0.29) is 17.5 Å². The van der Waals surface area contributed by atoms with Gasteiger partial charge in [-0.25, -0.2) is 9.78 Å². The van der Waals surface area contributed by atoms with E-state index in [0.717, 1.165) is 19.4 Å². The van der Waals surface area contributed by atoms with E-state index in [1.807, 2.05) is 6.92 Å². The SMILES string of the molecule is CCNc1ncc2c(n1)N1CCC[C@H]1CN(c1cccc(C(=O)O)c1)C2=O. The van der Waals surface area contributed by atoms with Crippen molar-refractivity contribution in [3.8, 4) is 0 Å². The zero-order chi connectivity index (χ0) is 19.0. The van der Waals surface area contributed by atoms with Crippen molar-refractivity contribution < 1.29 is 14.7 Å². The van der Waals surface area contributed by atoms with Gasteiger partial charge in [-0.05, 0) is 38.0 Å². The fourth-order valence-electron chi connectivity index (χ4n) is 3.76. The number of carboxylic acid groups (broad SMARTS) is 1. The van der Waals surface area contributed by atoms with Crippen LogP contribution >= 0.6 is 0 Å². The highest BCUT2D eigenvalue weighted by Crippen LogP contribution is 2.34. The molecule has 0 radical (unpaired) electrons. The Morgan fingerprint density at radius 2 is 2.26 bits per heavy atom. The van der Waals surface area contributed by atoms with Gasteiger partial charge in [0, 0.05) is 37.6 Å². The van der Waals surface area contributed by atoms with Gasteiger partial charge in [-0.2, -0.15) is 4.98 Å². The third kappa shape index (κ3) is 3.07. The summed E-state index contributed by atoms with van der Waals surface area (Å²) < 4.78 is 0. The van der Waals surface area contributed by atoms with Crippen LogP contribution in [0.1, 0.15) is 40.5 Å². The van der Waals surface area contributed by atoms with Crippen LogP contribution in [0.4, 0.5) is 17.5 Å². The summed E-state index contributed by atoms with van der Waals surface area (Å²) in [5.74, 6) is -0.0491. The molecule has 1 atom stereocenters. The van der Waals surface area contributed by atoms with Crippen LogP contribution in [0.15, 0.2) is 30.5 Å². The molecule has 140 valence electrons. The summed E-state index contributed by atoms with van der Waals surface area (Å²) in [6.07, 6.45) is 3.56. The van der Waals surface area contributed by atoms with Crippen LogP contribution in [0.5, 0.6) is 0 Å². The zero-order valence-corrected chi connectivity index (χ0v) is 15.1. The molecule has 0 bridgehead atoms. The average molecular weight is 367 g/mol. The molecule has 8 nitrogen and oxygen atoms in total. The highest BCUT2D eigenvalue weighted by molar-refractivity contribution is 6.10. The summed E-state index contributed by atoms with van der Waals surface area (Å²) in [4.78, 5) is 37.3. The maximum Gasteiger partial charge on any atom is 0.335 e. The average Bonchev–Trinajstić information content (AvgIpc) is 3.10. The first-order chi connectivity index (χ1) is 13.1. The van der Waals surface area contributed by atoms with E-state index >= 15 is 0 Å². The van der Waals surface area contributed by atoms with E-state index in [9.17, 15) is 14.7 Å². The lowest BCUT2D eigenvalue weighted by atomic mass is 10.1. The number of aromatic carboxylic acids is 1. The number of nitrogens with one attached hydrogen (secondary N) is 1. The van der Waals surface area contributed by atoms with Crippen LogP contribution in [0.25, 0.3) is 0 Å². The van der Waals surface area contributed by atoms with Crippen LogP contribution in [-0.4, -0.2) is 52.6 Å². The molecule has 0 saturated carbocycles. The fourth-order valence-corrected chi connectivity index (χ4v) is 3.76. The standard InChI is InChI=1S/C19H21N5O3/c1-2-20-19-21-10-15-16(22-19)23-8-4-7-14(23)11-24(17(15)25)13-6-3-5-12(9-13)18(26)27/h3,5-6,9-10,14H,2,4,7-8,11H2,1H3,(H,26,27)(H,20,21,22)/t14-/m0/s1. The molecule has 0 unspecified atom stereocenters. The van der Waals surface area contributed by atoms with Gasteiger partial charge in [-0.15, -0.1) is 0 Å². The second-order valence-corrected chi connectivity index (χ2v) is 6.72. The molecule has 2 aromatic rings. The fraction of sp³-hybridized carbons (Fsp3) is 0.368. The molecule has 1 aromatic heterocycles. The molecule has 27 heavy (non-hydrogen) atoms. The monoisotopic (exact) mass is 367 g/mol. The summed E-state index contributed by atoms with van der Waals surface area (Å²) >= 11 is 0. The molecule has 1 fully saturated rings. The first-order valence-corrected chi connectivity index (χ1v) is 9.11. The van der Waals surface area contributed by atoms with Crippen molar-refractivity contribution in [1.29, 1.82) is 0 Å². The molecule has 4 rings (SSSR count). The Balaban J connectivity index is 1.79. The molecule has 1 amide bonds. The molecule has 1 aromatic carbocycles. The summed E-state index contributed by atoms with van der Waals surface area (Å²) in [7, 11) is 0. The number of amides is 1. The van der Waals surface area contributed by atoms with Crippen molar-refractivity contribution in [2.75, 3.05) is 34.8 Å². The van der Waals surface area contributed by atoms with Crippen molar-refractivity contribution in [1.82, 2.24) is 9.97 Å². The topological polar surface area (TPSA) is 98.7 Å². The minimum atomic E-state index is -1.01. The Morgan fingerprint density at radius 1 is 1.41 bits per heavy atom. The first kappa shape index (κ1) is 17.3. The minimum Gasteiger partial charge on any atom is -0.478 e. The van der Waals surface area contributed by atoms with Gasteiger partial charge in [-0.3, -0.25) is 4.79 Å². The molecule has 3 heterocycles. The number of fused-ring (bicyclic) bond motifs is 3. The second kappa shape index (κ2) is 6.86. The largest absolute Gasteiger partial charge is 0.478 e. The molecule has 2 aliphatic rings. The molecule has 2 aliphatic heterocycles. The van der Waals surface area contributed by atoms with Gasteiger partial charge in [0.25, 0.3) is 5.91 Å².